The topological polar surface area (TPSA) is 58.2 Å². The molecule has 0 unspecified atom stereocenters. The molecule has 0 aliphatic rings. The van der Waals surface area contributed by atoms with Crippen molar-refractivity contribution in [2.45, 2.75) is 25.9 Å². The summed E-state index contributed by atoms with van der Waals surface area (Å²) in [6, 6.07) is 37.5. The third kappa shape index (κ3) is 3.83. The van der Waals surface area contributed by atoms with Crippen LogP contribution in [0.1, 0.15) is 18.1 Å². The smallest absolute Gasteiger partial charge is 0.242 e. The van der Waals surface area contributed by atoms with Crippen molar-refractivity contribution in [1.82, 2.24) is 10.6 Å². The second-order valence-corrected chi connectivity index (χ2v) is 11.3. The number of benzene rings is 8. The molecule has 8 aromatic rings. The van der Waals surface area contributed by atoms with E-state index in [1.165, 1.54) is 48.5 Å². The van der Waals surface area contributed by atoms with Crippen LogP contribution in [0.2, 0.25) is 0 Å². The molecule has 0 spiro atoms. The van der Waals surface area contributed by atoms with Crippen LogP contribution in [0.4, 0.5) is 0 Å². The number of nitrogens with one attached hydrogen (secondary N) is 2. The number of amides is 2. The van der Waals surface area contributed by atoms with E-state index < -0.39 is 6.04 Å². The normalized spacial score (nSPS) is 12.7. The summed E-state index contributed by atoms with van der Waals surface area (Å²) in [5.41, 5.74) is 2.01. The summed E-state index contributed by atoms with van der Waals surface area (Å²) in [4.78, 5) is 26.2. The van der Waals surface area contributed by atoms with Crippen molar-refractivity contribution >= 4 is 76.4 Å². The van der Waals surface area contributed by atoms with Gasteiger partial charge in [0, 0.05) is 6.54 Å². The van der Waals surface area contributed by atoms with Gasteiger partial charge in [0.2, 0.25) is 11.8 Å². The molecule has 2 amide bonds. The van der Waals surface area contributed by atoms with Crippen molar-refractivity contribution in [3.63, 3.8) is 0 Å². The Kier molecular flexibility index (Phi) is 5.51. The molecular weight excluding hydrogens is 516 g/mol. The van der Waals surface area contributed by atoms with Gasteiger partial charge in [0.05, 0.1) is 6.42 Å². The molecule has 8 rings (SSSR count). The average molecular weight is 545 g/mol. The predicted molar refractivity (Wildman–Crippen MR) is 173 cm³/mol. The van der Waals surface area contributed by atoms with Crippen LogP contribution < -0.4 is 10.6 Å². The summed E-state index contributed by atoms with van der Waals surface area (Å²) in [6.45, 7) is 2.13. The van der Waals surface area contributed by atoms with Crippen molar-refractivity contribution in [2.24, 2.45) is 0 Å². The SMILES string of the molecule is C[C@@H](NC(=O)Cc1ccc2ccc3cccc4ccc1c2c34)C(=O)NCc1ccc2ccc3cccc4ccc1c2c34. The maximum absolute atomic E-state index is 13.1. The van der Waals surface area contributed by atoms with E-state index in [2.05, 4.69) is 114 Å². The molecule has 42 heavy (non-hydrogen) atoms. The summed E-state index contributed by atoms with van der Waals surface area (Å²) >= 11 is 0. The second kappa shape index (κ2) is 9.42. The first-order valence-corrected chi connectivity index (χ1v) is 14.4. The summed E-state index contributed by atoms with van der Waals surface area (Å²) in [5, 5.41) is 20.3. The van der Waals surface area contributed by atoms with E-state index in [0.717, 1.165) is 27.3 Å². The van der Waals surface area contributed by atoms with E-state index >= 15 is 0 Å². The lowest BCUT2D eigenvalue weighted by molar-refractivity contribution is -0.128. The Bertz CT molecular complexity index is 2290. The predicted octanol–water partition coefficient (Wildman–Crippen LogP) is 7.85. The number of hydrogen-bond acceptors (Lipinski definition) is 2. The third-order valence-corrected chi connectivity index (χ3v) is 8.81. The fraction of sp³-hybridized carbons (Fsp3) is 0.105. The Morgan fingerprint density at radius 3 is 1.52 bits per heavy atom. The van der Waals surface area contributed by atoms with Crippen LogP contribution >= 0.6 is 0 Å². The highest BCUT2D eigenvalue weighted by molar-refractivity contribution is 6.24. The molecular formula is C38H28N2O2. The number of carbonyl (C=O) groups excluding carboxylic acids is 2. The molecule has 0 saturated heterocycles. The van der Waals surface area contributed by atoms with Gasteiger partial charge in [0.25, 0.3) is 0 Å². The van der Waals surface area contributed by atoms with E-state index in [9.17, 15) is 9.59 Å². The van der Waals surface area contributed by atoms with Crippen LogP contribution in [0.3, 0.4) is 0 Å². The lowest BCUT2D eigenvalue weighted by Gasteiger charge is -2.17. The molecule has 0 radical (unpaired) electrons. The average Bonchev–Trinajstić information content (AvgIpc) is 3.02. The molecule has 0 fully saturated rings. The molecule has 8 aromatic carbocycles. The van der Waals surface area contributed by atoms with E-state index in [4.69, 9.17) is 0 Å². The van der Waals surface area contributed by atoms with Crippen molar-refractivity contribution in [1.29, 1.82) is 0 Å². The fourth-order valence-electron chi connectivity index (χ4n) is 6.77. The van der Waals surface area contributed by atoms with Crippen LogP contribution in [0, 0.1) is 0 Å². The summed E-state index contributed by atoms with van der Waals surface area (Å²) in [5.74, 6) is -0.375. The highest BCUT2D eigenvalue weighted by Crippen LogP contribution is 2.37. The zero-order valence-corrected chi connectivity index (χ0v) is 23.2. The molecule has 0 aliphatic carbocycles. The van der Waals surface area contributed by atoms with E-state index in [1.54, 1.807) is 6.92 Å². The number of hydrogen-bond donors (Lipinski definition) is 2. The molecule has 0 saturated carbocycles. The standard InChI is InChI=1S/C38H28N2O2/c1-22(38(42)39-21-30-15-13-28-11-9-24-5-3-7-26-17-19-32(30)37(28)35(24)26)40-33(41)20-29-14-12-27-10-8-23-4-2-6-25-16-18-31(29)36(27)34(23)25/h2-19,22H,20-21H2,1H3,(H,39,42)(H,40,41)/t22-/m1/s1. The van der Waals surface area contributed by atoms with Crippen LogP contribution in [-0.2, 0) is 22.6 Å². The van der Waals surface area contributed by atoms with Gasteiger partial charge in [-0.15, -0.1) is 0 Å². The van der Waals surface area contributed by atoms with E-state index in [-0.39, 0.29) is 18.2 Å². The Balaban J connectivity index is 0.999. The van der Waals surface area contributed by atoms with Crippen LogP contribution in [-0.4, -0.2) is 17.9 Å². The maximum atomic E-state index is 13.1. The Morgan fingerprint density at radius 2 is 0.976 bits per heavy atom. The molecule has 2 N–H and O–H groups in total. The maximum Gasteiger partial charge on any atom is 0.242 e. The first kappa shape index (κ1) is 24.6. The van der Waals surface area contributed by atoms with Gasteiger partial charge in [-0.3, -0.25) is 9.59 Å². The van der Waals surface area contributed by atoms with Gasteiger partial charge >= 0.3 is 0 Å². The van der Waals surface area contributed by atoms with E-state index in [0.29, 0.717) is 6.54 Å². The first-order chi connectivity index (χ1) is 20.5. The largest absolute Gasteiger partial charge is 0.350 e. The van der Waals surface area contributed by atoms with Crippen LogP contribution in [0.15, 0.2) is 109 Å². The molecule has 1 atom stereocenters. The van der Waals surface area contributed by atoms with Crippen LogP contribution in [0.5, 0.6) is 0 Å². The summed E-state index contributed by atoms with van der Waals surface area (Å²) < 4.78 is 0. The minimum atomic E-state index is -0.655. The number of carbonyl (C=O) groups is 2. The lowest BCUT2D eigenvalue weighted by atomic mass is 9.91. The minimum Gasteiger partial charge on any atom is -0.350 e. The van der Waals surface area contributed by atoms with Gasteiger partial charge in [-0.2, -0.15) is 0 Å². The molecule has 0 heterocycles. The first-order valence-electron chi connectivity index (χ1n) is 14.4. The quantitative estimate of drug-likeness (QED) is 0.210. The zero-order valence-electron chi connectivity index (χ0n) is 23.2. The van der Waals surface area contributed by atoms with Gasteiger partial charge in [0.15, 0.2) is 0 Å². The van der Waals surface area contributed by atoms with Crippen LogP contribution in [0.25, 0.3) is 64.6 Å². The highest BCUT2D eigenvalue weighted by atomic mass is 16.2. The summed E-state index contributed by atoms with van der Waals surface area (Å²) in [6.07, 6.45) is 0.209. The van der Waals surface area contributed by atoms with Crippen molar-refractivity contribution in [3.8, 4) is 0 Å². The van der Waals surface area contributed by atoms with E-state index in [1.807, 2.05) is 6.07 Å². The van der Waals surface area contributed by atoms with Gasteiger partial charge in [-0.25, -0.2) is 0 Å². The van der Waals surface area contributed by atoms with Crippen molar-refractivity contribution in [2.75, 3.05) is 0 Å². The van der Waals surface area contributed by atoms with Gasteiger partial charge < -0.3 is 10.6 Å². The Labute approximate surface area is 242 Å². The summed E-state index contributed by atoms with van der Waals surface area (Å²) in [7, 11) is 0. The Hall–Kier alpha value is -5.22. The Morgan fingerprint density at radius 1 is 0.548 bits per heavy atom. The zero-order chi connectivity index (χ0) is 28.4. The molecule has 4 nitrogen and oxygen atoms in total. The van der Waals surface area contributed by atoms with Crippen molar-refractivity contribution < 1.29 is 9.59 Å². The lowest BCUT2D eigenvalue weighted by Crippen LogP contribution is -2.45. The third-order valence-electron chi connectivity index (χ3n) is 8.81. The molecule has 0 bridgehead atoms. The second-order valence-electron chi connectivity index (χ2n) is 11.3. The minimum absolute atomic E-state index is 0.171. The molecule has 0 aromatic heterocycles. The molecule has 4 heteroatoms. The van der Waals surface area contributed by atoms with Gasteiger partial charge in [-0.05, 0) is 82.7 Å². The number of rotatable bonds is 6. The van der Waals surface area contributed by atoms with Crippen molar-refractivity contribution in [3.05, 3.63) is 120 Å². The monoisotopic (exact) mass is 544 g/mol. The van der Waals surface area contributed by atoms with Gasteiger partial charge in [0.1, 0.15) is 6.04 Å². The molecule has 202 valence electrons. The molecule has 0 aliphatic heterocycles. The fourth-order valence-corrected chi connectivity index (χ4v) is 6.77. The highest BCUT2D eigenvalue weighted by Gasteiger charge is 2.18. The van der Waals surface area contributed by atoms with Gasteiger partial charge in [-0.1, -0.05) is 109 Å².